The predicted octanol–water partition coefficient (Wildman–Crippen LogP) is 4.31. The van der Waals surface area contributed by atoms with Crippen molar-refractivity contribution >= 4 is 22.8 Å². The Morgan fingerprint density at radius 2 is 1.53 bits per heavy atom. The van der Waals surface area contributed by atoms with Gasteiger partial charge in [0.05, 0.1) is 17.0 Å². The van der Waals surface area contributed by atoms with Gasteiger partial charge in [-0.15, -0.1) is 10.2 Å². The maximum atomic E-state index is 10.9. The van der Waals surface area contributed by atoms with E-state index in [4.69, 9.17) is 15.7 Å². The first-order chi connectivity index (χ1) is 18.5. The number of benzene rings is 2. The predicted molar refractivity (Wildman–Crippen MR) is 147 cm³/mol. The normalized spacial score (nSPS) is 24.9. The first-order valence-electron chi connectivity index (χ1n) is 13.5. The average Bonchev–Trinajstić information content (AvgIpc) is 3.68. The van der Waals surface area contributed by atoms with E-state index in [-0.39, 0.29) is 0 Å². The van der Waals surface area contributed by atoms with Crippen molar-refractivity contribution in [1.29, 1.82) is 0 Å². The second kappa shape index (κ2) is 7.82. The number of nitrogens with zero attached hydrogens (tertiary/aromatic N) is 6. The van der Waals surface area contributed by atoms with Gasteiger partial charge in [0.2, 0.25) is 5.95 Å². The Kier molecular flexibility index (Phi) is 4.55. The standard InChI is InChI=1S/C30H29N7O/c31-29(17-30(38,18-29)22-11-12-22)21-9-7-20(8-10-21)25-26(19-5-2-1-3-6-19)33-27-23(32-25)13-14-24-34-35-28(37(24)27)36-15-4-16-36/h1-3,5-10,13-14,22,38H,4,11-12,15-18,31H2/t29-,30-. The molecular formula is C30H29N7O. The third-order valence-electron chi connectivity index (χ3n) is 8.68. The fourth-order valence-electron chi connectivity index (χ4n) is 6.30. The van der Waals surface area contributed by atoms with E-state index in [2.05, 4.69) is 51.5 Å². The quantitative estimate of drug-likeness (QED) is 0.368. The molecule has 0 atom stereocenters. The maximum absolute atomic E-state index is 10.9. The fourth-order valence-corrected chi connectivity index (χ4v) is 6.30. The maximum Gasteiger partial charge on any atom is 0.233 e. The van der Waals surface area contributed by atoms with Crippen molar-refractivity contribution in [3.8, 4) is 22.5 Å². The number of anilines is 1. The second-order valence-corrected chi connectivity index (χ2v) is 11.3. The summed E-state index contributed by atoms with van der Waals surface area (Å²) in [6.07, 6.45) is 4.65. The number of aromatic nitrogens is 5. The molecule has 0 bridgehead atoms. The van der Waals surface area contributed by atoms with Crippen LogP contribution < -0.4 is 10.6 Å². The largest absolute Gasteiger partial charge is 0.389 e. The first-order valence-corrected chi connectivity index (χ1v) is 13.5. The number of nitrogens with two attached hydrogens (primary N) is 1. The fraction of sp³-hybridized carbons (Fsp3) is 0.333. The lowest BCUT2D eigenvalue weighted by molar-refractivity contribution is -0.106. The second-order valence-electron chi connectivity index (χ2n) is 11.3. The molecule has 3 aromatic heterocycles. The SMILES string of the molecule is N[C@]1(c2ccc(-c3nc4ccc5nnc(N6CCC6)n5c4nc3-c3ccccc3)cc2)C[C@](O)(C2CC2)C1. The smallest absolute Gasteiger partial charge is 0.233 e. The summed E-state index contributed by atoms with van der Waals surface area (Å²) in [6.45, 7) is 1.95. The number of hydrogen-bond donors (Lipinski definition) is 2. The first kappa shape index (κ1) is 22.1. The molecule has 3 aliphatic rings. The van der Waals surface area contributed by atoms with Gasteiger partial charge < -0.3 is 15.7 Å². The van der Waals surface area contributed by atoms with Crippen LogP contribution in [0.2, 0.25) is 0 Å². The van der Waals surface area contributed by atoms with E-state index in [0.717, 1.165) is 83.2 Å². The lowest BCUT2D eigenvalue weighted by Gasteiger charge is -2.52. The molecule has 2 aromatic carbocycles. The van der Waals surface area contributed by atoms with Crippen molar-refractivity contribution in [1.82, 2.24) is 24.6 Å². The van der Waals surface area contributed by atoms with Crippen molar-refractivity contribution < 1.29 is 5.11 Å². The number of pyridine rings is 1. The zero-order valence-electron chi connectivity index (χ0n) is 21.1. The zero-order valence-corrected chi connectivity index (χ0v) is 21.1. The number of hydrogen-bond acceptors (Lipinski definition) is 7. The summed E-state index contributed by atoms with van der Waals surface area (Å²) in [7, 11) is 0. The van der Waals surface area contributed by atoms with Gasteiger partial charge in [-0.05, 0) is 55.7 Å². The van der Waals surface area contributed by atoms with E-state index in [1.54, 1.807) is 0 Å². The molecule has 190 valence electrons. The van der Waals surface area contributed by atoms with Crippen molar-refractivity contribution in [2.45, 2.75) is 43.2 Å². The van der Waals surface area contributed by atoms with Crippen molar-refractivity contribution in [2.24, 2.45) is 11.7 Å². The molecule has 5 aromatic rings. The highest BCUT2D eigenvalue weighted by atomic mass is 16.3. The molecule has 38 heavy (non-hydrogen) atoms. The topological polar surface area (TPSA) is 105 Å². The highest BCUT2D eigenvalue weighted by molar-refractivity contribution is 5.86. The Hall–Kier alpha value is -3.88. The van der Waals surface area contributed by atoms with E-state index in [0.29, 0.717) is 18.8 Å². The summed E-state index contributed by atoms with van der Waals surface area (Å²) in [6, 6.07) is 22.5. The summed E-state index contributed by atoms with van der Waals surface area (Å²) in [4.78, 5) is 12.6. The monoisotopic (exact) mass is 503 g/mol. The minimum Gasteiger partial charge on any atom is -0.389 e. The van der Waals surface area contributed by atoms with Crippen molar-refractivity contribution in [3.05, 3.63) is 72.3 Å². The third-order valence-corrected chi connectivity index (χ3v) is 8.68. The van der Waals surface area contributed by atoms with Gasteiger partial charge in [-0.3, -0.25) is 0 Å². The van der Waals surface area contributed by atoms with Crippen LogP contribution in [-0.2, 0) is 5.54 Å². The molecule has 0 unspecified atom stereocenters. The molecule has 0 amide bonds. The van der Waals surface area contributed by atoms with Gasteiger partial charge in [0.1, 0.15) is 5.52 Å². The Balaban J connectivity index is 1.25. The van der Waals surface area contributed by atoms with Crippen LogP contribution in [0.4, 0.5) is 5.95 Å². The Bertz CT molecular complexity index is 1680. The number of rotatable bonds is 5. The van der Waals surface area contributed by atoms with Gasteiger partial charge in [-0.25, -0.2) is 14.4 Å². The van der Waals surface area contributed by atoms with E-state index in [1.807, 2.05) is 34.7 Å². The molecule has 0 radical (unpaired) electrons. The Labute approximate surface area is 220 Å². The van der Waals surface area contributed by atoms with Gasteiger partial charge in [0.15, 0.2) is 11.3 Å². The van der Waals surface area contributed by atoms with Crippen LogP contribution in [-0.4, -0.2) is 48.4 Å². The summed E-state index contributed by atoms with van der Waals surface area (Å²) >= 11 is 0. The summed E-state index contributed by atoms with van der Waals surface area (Å²) in [5, 5.41) is 19.7. The van der Waals surface area contributed by atoms with E-state index in [9.17, 15) is 5.11 Å². The van der Waals surface area contributed by atoms with Crippen LogP contribution in [0.1, 0.15) is 37.7 Å². The van der Waals surface area contributed by atoms with Crippen LogP contribution >= 0.6 is 0 Å². The molecule has 8 heteroatoms. The van der Waals surface area contributed by atoms with Gasteiger partial charge in [0, 0.05) is 29.8 Å². The summed E-state index contributed by atoms with van der Waals surface area (Å²) in [5.41, 5.74) is 12.7. The van der Waals surface area contributed by atoms with Gasteiger partial charge in [0.25, 0.3) is 0 Å². The molecule has 2 aliphatic carbocycles. The summed E-state index contributed by atoms with van der Waals surface area (Å²) < 4.78 is 2.02. The Morgan fingerprint density at radius 3 is 2.21 bits per heavy atom. The van der Waals surface area contributed by atoms with Crippen LogP contribution in [0, 0.1) is 5.92 Å². The third kappa shape index (κ3) is 3.30. The zero-order chi connectivity index (χ0) is 25.5. The van der Waals surface area contributed by atoms with Crippen molar-refractivity contribution in [3.63, 3.8) is 0 Å². The highest BCUT2D eigenvalue weighted by Crippen LogP contribution is 2.57. The molecule has 2 saturated carbocycles. The van der Waals surface area contributed by atoms with Crippen molar-refractivity contribution in [2.75, 3.05) is 18.0 Å². The number of fused-ring (bicyclic) bond motifs is 3. The lowest BCUT2D eigenvalue weighted by atomic mass is 9.60. The molecule has 4 heterocycles. The van der Waals surface area contributed by atoms with Crippen LogP contribution in [0.25, 0.3) is 39.3 Å². The minimum absolute atomic E-state index is 0.429. The molecule has 8 rings (SSSR count). The van der Waals surface area contributed by atoms with Crippen LogP contribution in [0.3, 0.4) is 0 Å². The molecule has 3 fully saturated rings. The Morgan fingerprint density at radius 1 is 0.816 bits per heavy atom. The van der Waals surface area contributed by atoms with E-state index >= 15 is 0 Å². The molecule has 3 N–H and O–H groups in total. The van der Waals surface area contributed by atoms with Gasteiger partial charge in [-0.2, -0.15) is 0 Å². The molecule has 1 saturated heterocycles. The highest BCUT2D eigenvalue weighted by Gasteiger charge is 2.58. The van der Waals surface area contributed by atoms with E-state index < -0.39 is 11.1 Å². The summed E-state index contributed by atoms with van der Waals surface area (Å²) in [5.74, 6) is 1.25. The van der Waals surface area contributed by atoms with Crippen LogP contribution in [0.5, 0.6) is 0 Å². The molecule has 0 spiro atoms. The van der Waals surface area contributed by atoms with Gasteiger partial charge in [-0.1, -0.05) is 54.6 Å². The minimum atomic E-state index is -0.583. The molecule has 8 nitrogen and oxygen atoms in total. The average molecular weight is 504 g/mol. The lowest BCUT2D eigenvalue weighted by Crippen LogP contribution is -2.60. The molecule has 1 aliphatic heterocycles. The van der Waals surface area contributed by atoms with E-state index in [1.165, 1.54) is 0 Å². The van der Waals surface area contributed by atoms with Gasteiger partial charge >= 0.3 is 0 Å². The van der Waals surface area contributed by atoms with Crippen LogP contribution in [0.15, 0.2) is 66.7 Å². The molecular weight excluding hydrogens is 474 g/mol. The number of aliphatic hydroxyl groups is 1.